The molecule has 3 N–H and O–H groups in total. The third kappa shape index (κ3) is 1.42. The van der Waals surface area contributed by atoms with Crippen molar-refractivity contribution in [2.45, 2.75) is 5.54 Å². The predicted molar refractivity (Wildman–Crippen MR) is 56.4 cm³/mol. The van der Waals surface area contributed by atoms with Gasteiger partial charge in [0.15, 0.2) is 0 Å². The van der Waals surface area contributed by atoms with E-state index in [0.717, 1.165) is 5.69 Å². The van der Waals surface area contributed by atoms with E-state index in [9.17, 15) is 0 Å². The average molecular weight is 187 g/mol. The van der Waals surface area contributed by atoms with E-state index in [1.165, 1.54) is 0 Å². The van der Waals surface area contributed by atoms with Gasteiger partial charge in [0.2, 0.25) is 0 Å². The second kappa shape index (κ2) is 3.64. The zero-order valence-electron chi connectivity index (χ0n) is 7.85. The molecule has 0 radical (unpaired) electrons. The van der Waals surface area contributed by atoms with Gasteiger partial charge in [0.25, 0.3) is 0 Å². The Morgan fingerprint density at radius 3 is 2.86 bits per heavy atom. The second-order valence-corrected chi connectivity index (χ2v) is 3.25. The minimum atomic E-state index is -0.337. The van der Waals surface area contributed by atoms with Crippen LogP contribution in [0.15, 0.2) is 48.8 Å². The van der Waals surface area contributed by atoms with Crippen LogP contribution in [-0.4, -0.2) is 11.5 Å². The zero-order valence-corrected chi connectivity index (χ0v) is 7.85. The van der Waals surface area contributed by atoms with E-state index >= 15 is 0 Å². The summed E-state index contributed by atoms with van der Waals surface area (Å²) in [6.07, 6.45) is 9.63. The van der Waals surface area contributed by atoms with Crippen molar-refractivity contribution in [1.29, 1.82) is 0 Å². The molecule has 14 heavy (non-hydrogen) atoms. The summed E-state index contributed by atoms with van der Waals surface area (Å²) in [7, 11) is 0. The highest BCUT2D eigenvalue weighted by molar-refractivity contribution is 5.29. The van der Waals surface area contributed by atoms with Gasteiger partial charge in [-0.15, -0.1) is 0 Å². The SMILES string of the molecule is NCC1(c2ccccn2)C=CC=CN1. The van der Waals surface area contributed by atoms with E-state index in [0.29, 0.717) is 6.54 Å². The molecule has 3 nitrogen and oxygen atoms in total. The molecule has 0 spiro atoms. The summed E-state index contributed by atoms with van der Waals surface area (Å²) in [4.78, 5) is 4.32. The summed E-state index contributed by atoms with van der Waals surface area (Å²) >= 11 is 0. The van der Waals surface area contributed by atoms with Gasteiger partial charge in [0.05, 0.1) is 5.69 Å². The largest absolute Gasteiger partial charge is 0.376 e. The number of dihydropyridines is 1. The smallest absolute Gasteiger partial charge is 0.110 e. The molecule has 0 saturated heterocycles. The van der Waals surface area contributed by atoms with Crippen LogP contribution in [-0.2, 0) is 5.54 Å². The number of aromatic nitrogens is 1. The molecule has 2 heterocycles. The van der Waals surface area contributed by atoms with Gasteiger partial charge in [-0.3, -0.25) is 4.98 Å². The topological polar surface area (TPSA) is 50.9 Å². The third-order valence-corrected chi connectivity index (χ3v) is 2.37. The normalized spacial score (nSPS) is 24.6. The lowest BCUT2D eigenvalue weighted by atomic mass is 9.92. The quantitative estimate of drug-likeness (QED) is 0.723. The molecule has 0 aliphatic carbocycles. The number of nitrogens with one attached hydrogen (secondary N) is 1. The number of hydrogen-bond donors (Lipinski definition) is 2. The number of allylic oxidation sites excluding steroid dienone is 2. The number of rotatable bonds is 2. The maximum Gasteiger partial charge on any atom is 0.110 e. The standard InChI is InChI=1S/C11H13N3/c12-9-11(6-2-4-8-14-11)10-5-1-3-7-13-10/h1-8,14H,9,12H2. The minimum absolute atomic E-state index is 0.337. The first-order chi connectivity index (χ1) is 6.87. The Balaban J connectivity index is 2.39. The molecule has 1 aromatic rings. The van der Waals surface area contributed by atoms with Crippen LogP contribution >= 0.6 is 0 Å². The summed E-state index contributed by atoms with van der Waals surface area (Å²) in [5, 5.41) is 3.24. The number of hydrogen-bond acceptors (Lipinski definition) is 3. The predicted octanol–water partition coefficient (Wildman–Crippen LogP) is 0.909. The van der Waals surface area contributed by atoms with Crippen molar-refractivity contribution in [2.24, 2.45) is 5.73 Å². The molecular weight excluding hydrogens is 174 g/mol. The third-order valence-electron chi connectivity index (χ3n) is 2.37. The Bertz CT molecular complexity index is 356. The molecule has 0 saturated carbocycles. The Labute approximate surface area is 83.3 Å². The molecule has 1 aliphatic rings. The Kier molecular flexibility index (Phi) is 2.33. The van der Waals surface area contributed by atoms with Crippen molar-refractivity contribution in [3.05, 3.63) is 54.5 Å². The van der Waals surface area contributed by atoms with Gasteiger partial charge < -0.3 is 11.1 Å². The van der Waals surface area contributed by atoms with Crippen molar-refractivity contribution in [2.75, 3.05) is 6.54 Å². The maximum atomic E-state index is 5.78. The fourth-order valence-corrected chi connectivity index (χ4v) is 1.54. The van der Waals surface area contributed by atoms with Gasteiger partial charge in [-0.2, -0.15) is 0 Å². The molecule has 1 atom stereocenters. The van der Waals surface area contributed by atoms with Crippen molar-refractivity contribution < 1.29 is 0 Å². The fourth-order valence-electron chi connectivity index (χ4n) is 1.54. The molecule has 72 valence electrons. The van der Waals surface area contributed by atoms with Crippen molar-refractivity contribution in [3.8, 4) is 0 Å². The van der Waals surface area contributed by atoms with Gasteiger partial charge >= 0.3 is 0 Å². The lowest BCUT2D eigenvalue weighted by Gasteiger charge is -2.30. The second-order valence-electron chi connectivity index (χ2n) is 3.25. The first kappa shape index (κ1) is 8.97. The van der Waals surface area contributed by atoms with Gasteiger partial charge in [-0.05, 0) is 24.4 Å². The molecule has 1 aromatic heterocycles. The van der Waals surface area contributed by atoms with Crippen LogP contribution in [0.4, 0.5) is 0 Å². The highest BCUT2D eigenvalue weighted by Gasteiger charge is 2.28. The molecule has 0 amide bonds. The molecule has 0 fully saturated rings. The van der Waals surface area contributed by atoms with Gasteiger partial charge in [0.1, 0.15) is 5.54 Å². The van der Waals surface area contributed by atoms with Gasteiger partial charge in [-0.25, -0.2) is 0 Å². The van der Waals surface area contributed by atoms with Gasteiger partial charge in [0, 0.05) is 12.7 Å². The highest BCUT2D eigenvalue weighted by atomic mass is 15.0. The van der Waals surface area contributed by atoms with Crippen LogP contribution in [0.25, 0.3) is 0 Å². The van der Waals surface area contributed by atoms with Crippen LogP contribution in [0.1, 0.15) is 5.69 Å². The van der Waals surface area contributed by atoms with Crippen molar-refractivity contribution in [3.63, 3.8) is 0 Å². The first-order valence-corrected chi connectivity index (χ1v) is 4.61. The summed E-state index contributed by atoms with van der Waals surface area (Å²) in [5.74, 6) is 0. The minimum Gasteiger partial charge on any atom is -0.376 e. The van der Waals surface area contributed by atoms with E-state index in [4.69, 9.17) is 5.73 Å². The maximum absolute atomic E-state index is 5.78. The molecule has 0 bridgehead atoms. The van der Waals surface area contributed by atoms with E-state index < -0.39 is 0 Å². The Morgan fingerprint density at radius 2 is 2.29 bits per heavy atom. The molecule has 3 heteroatoms. The molecular formula is C11H13N3. The zero-order chi connectivity index (χ0) is 9.86. The van der Waals surface area contributed by atoms with Crippen LogP contribution < -0.4 is 11.1 Å². The van der Waals surface area contributed by atoms with E-state index in [1.54, 1.807) is 6.20 Å². The lowest BCUT2D eigenvalue weighted by Crippen LogP contribution is -2.45. The fraction of sp³-hybridized carbons (Fsp3) is 0.182. The molecule has 1 aliphatic heterocycles. The molecule has 1 unspecified atom stereocenters. The number of pyridine rings is 1. The summed E-state index contributed by atoms with van der Waals surface area (Å²) in [6, 6.07) is 5.84. The molecule has 2 rings (SSSR count). The van der Waals surface area contributed by atoms with Crippen LogP contribution in [0.3, 0.4) is 0 Å². The van der Waals surface area contributed by atoms with Crippen molar-refractivity contribution >= 4 is 0 Å². The number of nitrogens with two attached hydrogens (primary N) is 1. The van der Waals surface area contributed by atoms with Crippen LogP contribution in [0, 0.1) is 0 Å². The summed E-state index contributed by atoms with van der Waals surface area (Å²) in [6.45, 7) is 0.491. The van der Waals surface area contributed by atoms with E-state index in [2.05, 4.69) is 10.3 Å². The van der Waals surface area contributed by atoms with Crippen LogP contribution in [0.5, 0.6) is 0 Å². The van der Waals surface area contributed by atoms with E-state index in [1.807, 2.05) is 42.6 Å². The van der Waals surface area contributed by atoms with Crippen LogP contribution in [0.2, 0.25) is 0 Å². The number of nitrogens with zero attached hydrogens (tertiary/aromatic N) is 1. The Hall–Kier alpha value is -1.61. The Morgan fingerprint density at radius 1 is 1.36 bits per heavy atom. The molecule has 0 aromatic carbocycles. The lowest BCUT2D eigenvalue weighted by molar-refractivity contribution is 0.470. The monoisotopic (exact) mass is 187 g/mol. The summed E-state index contributed by atoms with van der Waals surface area (Å²) < 4.78 is 0. The highest BCUT2D eigenvalue weighted by Crippen LogP contribution is 2.21. The van der Waals surface area contributed by atoms with Crippen molar-refractivity contribution in [1.82, 2.24) is 10.3 Å². The van der Waals surface area contributed by atoms with Gasteiger partial charge in [-0.1, -0.05) is 18.2 Å². The van der Waals surface area contributed by atoms with E-state index in [-0.39, 0.29) is 5.54 Å². The summed E-state index contributed by atoms with van der Waals surface area (Å²) in [5.41, 5.74) is 6.39. The first-order valence-electron chi connectivity index (χ1n) is 4.61. The average Bonchev–Trinajstić information content (AvgIpc) is 2.31.